The molecule has 0 bridgehead atoms. The molecular formula is C24H32F6N4O5. The first-order chi connectivity index (χ1) is 17.9. The van der Waals surface area contributed by atoms with Gasteiger partial charge in [0.05, 0.1) is 18.5 Å². The van der Waals surface area contributed by atoms with Gasteiger partial charge >= 0.3 is 24.3 Å². The van der Waals surface area contributed by atoms with Crippen LogP contribution in [0.4, 0.5) is 26.3 Å². The van der Waals surface area contributed by atoms with Crippen LogP contribution >= 0.6 is 0 Å². The maximum Gasteiger partial charge on any atom is 0.490 e. The molecule has 0 fully saturated rings. The molecule has 2 N–H and O–H groups in total. The van der Waals surface area contributed by atoms with Crippen LogP contribution in [0.1, 0.15) is 36.4 Å². The zero-order chi connectivity index (χ0) is 30.1. The van der Waals surface area contributed by atoms with E-state index in [1.807, 2.05) is 12.1 Å². The molecular weight excluding hydrogens is 538 g/mol. The van der Waals surface area contributed by atoms with Gasteiger partial charge in [0.2, 0.25) is 0 Å². The first kappa shape index (κ1) is 33.7. The number of alkyl halides is 6. The molecule has 0 atom stereocenters. The van der Waals surface area contributed by atoms with Crippen LogP contribution in [-0.4, -0.2) is 80.8 Å². The molecule has 0 unspecified atom stereocenters. The minimum Gasteiger partial charge on any atom is -0.497 e. The SMILES string of the molecule is COc1ccc(CN2CCc3c(CN(C)C(C)C)nn(C)c3C2)cc1.O=C(O)C(F)(F)F.O=C(O)C(F)(F)F. The molecule has 0 amide bonds. The van der Waals surface area contributed by atoms with E-state index in [0.717, 1.165) is 38.3 Å². The van der Waals surface area contributed by atoms with Gasteiger partial charge < -0.3 is 14.9 Å². The lowest BCUT2D eigenvalue weighted by molar-refractivity contribution is -0.193. The Morgan fingerprint density at radius 3 is 1.95 bits per heavy atom. The summed E-state index contributed by atoms with van der Waals surface area (Å²) in [6.45, 7) is 8.41. The number of aliphatic carboxylic acids is 2. The second-order valence-corrected chi connectivity index (χ2v) is 8.92. The molecule has 39 heavy (non-hydrogen) atoms. The average molecular weight is 571 g/mol. The minimum absolute atomic E-state index is 0.535. The highest BCUT2D eigenvalue weighted by molar-refractivity contribution is 5.73. The molecule has 9 nitrogen and oxygen atoms in total. The number of carboxylic acid groups (broad SMARTS) is 2. The summed E-state index contributed by atoms with van der Waals surface area (Å²) in [4.78, 5) is 22.6. The summed E-state index contributed by atoms with van der Waals surface area (Å²) in [5.74, 6) is -4.60. The van der Waals surface area contributed by atoms with Gasteiger partial charge in [0.15, 0.2) is 0 Å². The van der Waals surface area contributed by atoms with Crippen molar-refractivity contribution in [1.29, 1.82) is 0 Å². The van der Waals surface area contributed by atoms with E-state index in [1.54, 1.807) is 7.11 Å². The molecule has 0 radical (unpaired) electrons. The molecule has 15 heteroatoms. The Balaban J connectivity index is 0.000000449. The van der Waals surface area contributed by atoms with E-state index in [0.29, 0.717) is 6.04 Å². The molecule has 1 aliphatic heterocycles. The summed E-state index contributed by atoms with van der Waals surface area (Å²) < 4.78 is 70.8. The summed E-state index contributed by atoms with van der Waals surface area (Å²) in [5.41, 5.74) is 5.40. The Morgan fingerprint density at radius 2 is 1.54 bits per heavy atom. The minimum atomic E-state index is -5.08. The molecule has 0 spiro atoms. The van der Waals surface area contributed by atoms with Crippen LogP contribution in [0.25, 0.3) is 0 Å². The fourth-order valence-electron chi connectivity index (χ4n) is 3.38. The van der Waals surface area contributed by atoms with E-state index in [4.69, 9.17) is 29.6 Å². The number of benzene rings is 1. The van der Waals surface area contributed by atoms with E-state index >= 15 is 0 Å². The van der Waals surface area contributed by atoms with E-state index in [9.17, 15) is 26.3 Å². The van der Waals surface area contributed by atoms with Crippen molar-refractivity contribution in [3.63, 3.8) is 0 Å². The molecule has 1 aliphatic rings. The van der Waals surface area contributed by atoms with Crippen LogP contribution in [-0.2, 0) is 42.7 Å². The largest absolute Gasteiger partial charge is 0.497 e. The molecule has 3 rings (SSSR count). The Morgan fingerprint density at radius 1 is 1.05 bits per heavy atom. The average Bonchev–Trinajstić information content (AvgIpc) is 3.13. The third-order valence-electron chi connectivity index (χ3n) is 5.74. The summed E-state index contributed by atoms with van der Waals surface area (Å²) >= 11 is 0. The number of rotatable bonds is 6. The molecule has 0 saturated carbocycles. The second-order valence-electron chi connectivity index (χ2n) is 8.92. The van der Waals surface area contributed by atoms with Gasteiger partial charge in [-0.2, -0.15) is 31.4 Å². The van der Waals surface area contributed by atoms with Crippen LogP contribution in [0, 0.1) is 0 Å². The van der Waals surface area contributed by atoms with Gasteiger partial charge in [0, 0.05) is 44.8 Å². The number of aryl methyl sites for hydroxylation is 1. The standard InChI is InChI=1S/C20H30N4O.2C2HF3O2/c1-15(2)22(3)13-19-18-10-11-24(14-20(18)23(4)21-19)12-16-6-8-17(25-5)9-7-16;2*3-2(4,5)1(6)7/h6-9,15H,10-14H2,1-5H3;2*(H,6,7). The van der Waals surface area contributed by atoms with E-state index < -0.39 is 24.3 Å². The van der Waals surface area contributed by atoms with Crippen molar-refractivity contribution < 1.29 is 50.9 Å². The highest BCUT2D eigenvalue weighted by atomic mass is 19.4. The maximum atomic E-state index is 10.6. The summed E-state index contributed by atoms with van der Waals surface area (Å²) in [6.07, 6.45) is -9.08. The second kappa shape index (κ2) is 14.2. The molecule has 1 aromatic carbocycles. The number of aromatic nitrogens is 2. The first-order valence-electron chi connectivity index (χ1n) is 11.6. The van der Waals surface area contributed by atoms with Crippen LogP contribution in [0.15, 0.2) is 24.3 Å². The smallest absolute Gasteiger partial charge is 0.490 e. The molecule has 0 saturated heterocycles. The summed E-state index contributed by atoms with van der Waals surface area (Å²) in [7, 11) is 5.96. The van der Waals surface area contributed by atoms with Gasteiger partial charge in [-0.15, -0.1) is 0 Å². The van der Waals surface area contributed by atoms with Gasteiger partial charge in [-0.1, -0.05) is 12.1 Å². The van der Waals surface area contributed by atoms with Crippen molar-refractivity contribution in [3.05, 3.63) is 46.8 Å². The Labute approximate surface area is 221 Å². The molecule has 0 aliphatic carbocycles. The Bertz CT molecular complexity index is 1060. The van der Waals surface area contributed by atoms with Gasteiger partial charge in [-0.3, -0.25) is 14.5 Å². The van der Waals surface area contributed by atoms with Crippen molar-refractivity contribution in [1.82, 2.24) is 19.6 Å². The zero-order valence-electron chi connectivity index (χ0n) is 22.1. The predicted molar refractivity (Wildman–Crippen MR) is 128 cm³/mol. The fourth-order valence-corrected chi connectivity index (χ4v) is 3.38. The topological polar surface area (TPSA) is 108 Å². The fraction of sp³-hybridized carbons (Fsp3) is 0.542. The predicted octanol–water partition coefficient (Wildman–Crippen LogP) is 4.09. The quantitative estimate of drug-likeness (QED) is 0.500. The molecule has 2 heterocycles. The number of fused-ring (bicyclic) bond motifs is 1. The van der Waals surface area contributed by atoms with Crippen LogP contribution in [0.3, 0.4) is 0 Å². The van der Waals surface area contributed by atoms with Crippen molar-refractivity contribution in [2.24, 2.45) is 7.05 Å². The Kier molecular flexibility index (Phi) is 12.2. The van der Waals surface area contributed by atoms with Crippen LogP contribution in [0.2, 0.25) is 0 Å². The van der Waals surface area contributed by atoms with Crippen LogP contribution in [0.5, 0.6) is 5.75 Å². The number of methoxy groups -OCH3 is 1. The first-order valence-corrected chi connectivity index (χ1v) is 11.6. The van der Waals surface area contributed by atoms with Gasteiger partial charge in [-0.05, 0) is 45.0 Å². The lowest BCUT2D eigenvalue weighted by Crippen LogP contribution is -2.31. The summed E-state index contributed by atoms with van der Waals surface area (Å²) in [5, 5.41) is 19.1. The number of hydrogen-bond donors (Lipinski definition) is 2. The normalized spacial score (nSPS) is 13.7. The highest BCUT2D eigenvalue weighted by Gasteiger charge is 2.38. The summed E-state index contributed by atoms with van der Waals surface area (Å²) in [6, 6.07) is 8.91. The number of ether oxygens (including phenoxy) is 1. The molecule has 1 aromatic heterocycles. The van der Waals surface area contributed by atoms with Crippen molar-refractivity contribution in [2.45, 2.75) is 58.3 Å². The lowest BCUT2D eigenvalue weighted by Gasteiger charge is -2.28. The van der Waals surface area contributed by atoms with Crippen LogP contribution < -0.4 is 4.74 Å². The lowest BCUT2D eigenvalue weighted by atomic mass is 10.0. The number of halogens is 6. The highest BCUT2D eigenvalue weighted by Crippen LogP contribution is 2.25. The van der Waals surface area contributed by atoms with Crippen molar-refractivity contribution in [2.75, 3.05) is 20.7 Å². The van der Waals surface area contributed by atoms with E-state index in [-0.39, 0.29) is 0 Å². The number of nitrogens with zero attached hydrogens (tertiary/aromatic N) is 4. The maximum absolute atomic E-state index is 10.6. The van der Waals surface area contributed by atoms with E-state index in [2.05, 4.69) is 54.6 Å². The molecule has 2 aromatic rings. The van der Waals surface area contributed by atoms with Crippen molar-refractivity contribution >= 4 is 11.9 Å². The monoisotopic (exact) mass is 570 g/mol. The van der Waals surface area contributed by atoms with Crippen molar-refractivity contribution in [3.8, 4) is 5.75 Å². The van der Waals surface area contributed by atoms with Gasteiger partial charge in [-0.25, -0.2) is 9.59 Å². The third kappa shape index (κ3) is 11.1. The third-order valence-corrected chi connectivity index (χ3v) is 5.74. The van der Waals surface area contributed by atoms with E-state index in [1.165, 1.54) is 22.5 Å². The molecule has 220 valence electrons. The number of carbonyl (C=O) groups is 2. The number of hydrogen-bond acceptors (Lipinski definition) is 6. The number of carboxylic acids is 2. The van der Waals surface area contributed by atoms with Gasteiger partial charge in [0.1, 0.15) is 5.75 Å². The Hall–Kier alpha value is -3.33. The van der Waals surface area contributed by atoms with Gasteiger partial charge in [0.25, 0.3) is 0 Å². The zero-order valence-corrected chi connectivity index (χ0v) is 22.1.